The van der Waals surface area contributed by atoms with Gasteiger partial charge in [0.05, 0.1) is 16.1 Å². The van der Waals surface area contributed by atoms with Crippen LogP contribution in [0.5, 0.6) is 0 Å². The van der Waals surface area contributed by atoms with Gasteiger partial charge in [0.2, 0.25) is 0 Å². The molecular weight excluding hydrogens is 492 g/mol. The summed E-state index contributed by atoms with van der Waals surface area (Å²) in [4.78, 5) is 15.1. The Hall–Kier alpha value is -1.31. The van der Waals surface area contributed by atoms with Crippen molar-refractivity contribution in [2.75, 3.05) is 0 Å². The lowest BCUT2D eigenvalue weighted by Crippen LogP contribution is -2.02. The lowest BCUT2D eigenvalue weighted by Gasteiger charge is -2.15. The van der Waals surface area contributed by atoms with E-state index < -0.39 is 7.07 Å². The van der Waals surface area contributed by atoms with E-state index >= 15 is 0 Å². The summed E-state index contributed by atoms with van der Waals surface area (Å²) in [7, 11) is 0. The van der Waals surface area contributed by atoms with Crippen molar-refractivity contribution in [3.05, 3.63) is 70.4 Å². The number of para-hydroxylation sites is 1. The van der Waals surface area contributed by atoms with Gasteiger partial charge in [0, 0.05) is 17.5 Å². The van der Waals surface area contributed by atoms with Crippen molar-refractivity contribution in [2.24, 2.45) is 0 Å². The van der Waals surface area contributed by atoms with Crippen LogP contribution in [0.3, 0.4) is 0 Å². The van der Waals surface area contributed by atoms with Gasteiger partial charge in [-0.05, 0) is 35.4 Å². The Bertz CT molecular complexity index is 890. The first-order valence-electron chi connectivity index (χ1n) is 6.58. The number of nitro benzene ring substituents is 1. The highest BCUT2D eigenvalue weighted by Crippen LogP contribution is 2.45. The summed E-state index contributed by atoms with van der Waals surface area (Å²) in [6.07, 6.45) is 0. The van der Waals surface area contributed by atoms with Crippen molar-refractivity contribution >= 4 is 64.4 Å². The number of halogens is 3. The molecular formula is C16H9Br3N2O2. The van der Waals surface area contributed by atoms with Crippen LogP contribution in [0.4, 0.5) is 5.69 Å². The average Bonchev–Trinajstić information content (AvgIpc) is 2.53. The molecule has 0 aliphatic carbocycles. The monoisotopic (exact) mass is 498 g/mol. The third kappa shape index (κ3) is 3.46. The second-order valence-electron chi connectivity index (χ2n) is 4.87. The largest absolute Gasteiger partial charge is 0.269 e. The molecule has 0 atom stereocenters. The standard InChI is InChI=1S/C16H9Br3N2O2/c17-16(18,19)15-9-13(12-3-1-2-4-14(12)20-15)10-5-7-11(8-6-10)21(22)23/h1-9H. The Morgan fingerprint density at radius 3 is 2.26 bits per heavy atom. The van der Waals surface area contributed by atoms with Crippen LogP contribution < -0.4 is 0 Å². The zero-order valence-electron chi connectivity index (χ0n) is 11.5. The van der Waals surface area contributed by atoms with Gasteiger partial charge in [0.1, 0.15) is 0 Å². The number of nitro groups is 1. The first-order valence-corrected chi connectivity index (χ1v) is 8.96. The lowest BCUT2D eigenvalue weighted by atomic mass is 10.00. The van der Waals surface area contributed by atoms with E-state index in [1.807, 2.05) is 30.3 Å². The third-order valence-corrected chi connectivity index (χ3v) is 4.61. The fraction of sp³-hybridized carbons (Fsp3) is 0.0625. The van der Waals surface area contributed by atoms with E-state index in [4.69, 9.17) is 0 Å². The molecule has 3 rings (SSSR count). The topological polar surface area (TPSA) is 56.0 Å². The molecule has 116 valence electrons. The first kappa shape index (κ1) is 16.5. The van der Waals surface area contributed by atoms with E-state index in [1.165, 1.54) is 12.1 Å². The maximum absolute atomic E-state index is 10.8. The molecule has 1 aromatic heterocycles. The number of pyridine rings is 1. The summed E-state index contributed by atoms with van der Waals surface area (Å²) in [5.74, 6) is 0. The van der Waals surface area contributed by atoms with Gasteiger partial charge in [0.15, 0.2) is 2.14 Å². The summed E-state index contributed by atoms with van der Waals surface area (Å²) >= 11 is 10.5. The Kier molecular flexibility index (Phi) is 4.53. The van der Waals surface area contributed by atoms with Crippen molar-refractivity contribution in [3.63, 3.8) is 0 Å². The van der Waals surface area contributed by atoms with Crippen molar-refractivity contribution in [3.8, 4) is 11.1 Å². The van der Waals surface area contributed by atoms with Gasteiger partial charge in [-0.2, -0.15) is 0 Å². The molecule has 0 N–H and O–H groups in total. The molecule has 0 unspecified atom stereocenters. The van der Waals surface area contributed by atoms with Crippen molar-refractivity contribution in [1.29, 1.82) is 0 Å². The predicted octanol–water partition coefficient (Wildman–Crippen LogP) is 6.11. The molecule has 0 aliphatic rings. The minimum atomic E-state index is -0.632. The van der Waals surface area contributed by atoms with E-state index in [0.717, 1.165) is 27.7 Å². The van der Waals surface area contributed by atoms with E-state index in [9.17, 15) is 10.1 Å². The summed E-state index contributed by atoms with van der Waals surface area (Å²) in [5, 5.41) is 11.8. The van der Waals surface area contributed by atoms with Crippen LogP contribution in [-0.2, 0) is 2.14 Å². The highest BCUT2D eigenvalue weighted by Gasteiger charge is 2.24. The second-order valence-corrected chi connectivity index (χ2v) is 11.6. The molecule has 0 amide bonds. The molecule has 7 heteroatoms. The van der Waals surface area contributed by atoms with E-state index in [1.54, 1.807) is 12.1 Å². The Morgan fingerprint density at radius 2 is 1.65 bits per heavy atom. The van der Waals surface area contributed by atoms with E-state index in [-0.39, 0.29) is 5.69 Å². The highest BCUT2D eigenvalue weighted by molar-refractivity contribution is 9.38. The molecule has 0 aliphatic heterocycles. The maximum Gasteiger partial charge on any atom is 0.269 e. The van der Waals surface area contributed by atoms with Gasteiger partial charge in [-0.1, -0.05) is 66.0 Å². The van der Waals surface area contributed by atoms with Gasteiger partial charge in [0.25, 0.3) is 5.69 Å². The summed E-state index contributed by atoms with van der Waals surface area (Å²) in [6.45, 7) is 0. The smallest absolute Gasteiger partial charge is 0.258 e. The summed E-state index contributed by atoms with van der Waals surface area (Å²) in [6, 6.07) is 16.3. The molecule has 0 bridgehead atoms. The molecule has 23 heavy (non-hydrogen) atoms. The van der Waals surface area contributed by atoms with Crippen LogP contribution in [0.2, 0.25) is 0 Å². The lowest BCUT2D eigenvalue weighted by molar-refractivity contribution is -0.384. The highest BCUT2D eigenvalue weighted by atomic mass is 80.0. The van der Waals surface area contributed by atoms with Gasteiger partial charge in [-0.3, -0.25) is 10.1 Å². The Balaban J connectivity index is 2.24. The van der Waals surface area contributed by atoms with Crippen LogP contribution >= 0.6 is 47.8 Å². The molecule has 0 saturated heterocycles. The second kappa shape index (κ2) is 6.30. The fourth-order valence-electron chi connectivity index (χ4n) is 2.32. The molecule has 0 radical (unpaired) electrons. The van der Waals surface area contributed by atoms with E-state index in [2.05, 4.69) is 52.8 Å². The SMILES string of the molecule is O=[N+]([O-])c1ccc(-c2cc(C(Br)(Br)Br)nc3ccccc23)cc1. The third-order valence-electron chi connectivity index (χ3n) is 3.40. The summed E-state index contributed by atoms with van der Waals surface area (Å²) in [5.41, 5.74) is 3.53. The molecule has 1 heterocycles. The normalized spacial score (nSPS) is 11.6. The number of hydrogen-bond donors (Lipinski definition) is 0. The predicted molar refractivity (Wildman–Crippen MR) is 102 cm³/mol. The van der Waals surface area contributed by atoms with Gasteiger partial charge >= 0.3 is 0 Å². The van der Waals surface area contributed by atoms with Crippen molar-refractivity contribution in [2.45, 2.75) is 2.14 Å². The number of nitrogens with zero attached hydrogens (tertiary/aromatic N) is 2. The first-order chi connectivity index (χ1) is 10.9. The Labute approximate surface area is 157 Å². The molecule has 2 aromatic carbocycles. The molecule has 0 saturated carbocycles. The number of fused-ring (bicyclic) bond motifs is 1. The number of alkyl halides is 3. The van der Waals surface area contributed by atoms with Gasteiger partial charge in [-0.25, -0.2) is 4.98 Å². The minimum Gasteiger partial charge on any atom is -0.258 e. The van der Waals surface area contributed by atoms with Crippen LogP contribution in [0.1, 0.15) is 5.69 Å². The zero-order valence-corrected chi connectivity index (χ0v) is 16.3. The van der Waals surface area contributed by atoms with Crippen LogP contribution in [-0.4, -0.2) is 9.91 Å². The molecule has 0 spiro atoms. The van der Waals surface area contributed by atoms with Gasteiger partial charge in [-0.15, -0.1) is 0 Å². The van der Waals surface area contributed by atoms with Crippen molar-refractivity contribution in [1.82, 2.24) is 4.98 Å². The molecule has 3 aromatic rings. The maximum atomic E-state index is 10.8. The van der Waals surface area contributed by atoms with Gasteiger partial charge < -0.3 is 0 Å². The van der Waals surface area contributed by atoms with Crippen LogP contribution in [0.25, 0.3) is 22.0 Å². The number of non-ortho nitro benzene ring substituents is 1. The zero-order chi connectivity index (χ0) is 16.6. The number of rotatable bonds is 2. The number of benzene rings is 2. The number of aromatic nitrogens is 1. The quantitative estimate of drug-likeness (QED) is 0.242. The molecule has 0 fully saturated rings. The van der Waals surface area contributed by atoms with Crippen LogP contribution in [0.15, 0.2) is 54.6 Å². The number of hydrogen-bond acceptors (Lipinski definition) is 3. The molecule has 4 nitrogen and oxygen atoms in total. The van der Waals surface area contributed by atoms with Crippen molar-refractivity contribution < 1.29 is 4.92 Å². The van der Waals surface area contributed by atoms with Crippen LogP contribution in [0, 0.1) is 10.1 Å². The summed E-state index contributed by atoms with van der Waals surface area (Å²) < 4.78 is -0.632. The average molecular weight is 501 g/mol. The Morgan fingerprint density at radius 1 is 1.00 bits per heavy atom. The fourth-order valence-corrected chi connectivity index (χ4v) is 2.93. The van der Waals surface area contributed by atoms with E-state index in [0.29, 0.717) is 0 Å². The minimum absolute atomic E-state index is 0.0724.